The highest BCUT2D eigenvalue weighted by molar-refractivity contribution is 9.10. The van der Waals surface area contributed by atoms with Crippen molar-refractivity contribution in [1.29, 1.82) is 0 Å². The fourth-order valence-corrected chi connectivity index (χ4v) is 2.96. The second-order valence-corrected chi connectivity index (χ2v) is 5.80. The van der Waals surface area contributed by atoms with Gasteiger partial charge in [-0.2, -0.15) is 0 Å². The Morgan fingerprint density at radius 1 is 1.37 bits per heavy atom. The fourth-order valence-electron chi connectivity index (χ4n) is 2.58. The van der Waals surface area contributed by atoms with Gasteiger partial charge in [0.2, 0.25) is 0 Å². The highest BCUT2D eigenvalue weighted by Crippen LogP contribution is 2.32. The summed E-state index contributed by atoms with van der Waals surface area (Å²) in [6, 6.07) is 5.75. The Morgan fingerprint density at radius 2 is 2.21 bits per heavy atom. The zero-order chi connectivity index (χ0) is 13.4. The van der Waals surface area contributed by atoms with Crippen LogP contribution in [0.4, 0.5) is 0 Å². The third-order valence-electron chi connectivity index (χ3n) is 3.76. The second kappa shape index (κ2) is 4.98. The first-order valence-electron chi connectivity index (χ1n) is 6.37. The van der Waals surface area contributed by atoms with Crippen LogP contribution in [0.3, 0.4) is 0 Å². The minimum absolute atomic E-state index is 0.169. The first-order chi connectivity index (χ1) is 9.15. The van der Waals surface area contributed by atoms with E-state index in [1.165, 1.54) is 0 Å². The molecule has 0 spiro atoms. The van der Waals surface area contributed by atoms with Gasteiger partial charge >= 0.3 is 0 Å². The van der Waals surface area contributed by atoms with Crippen LogP contribution in [0.15, 0.2) is 35.1 Å². The summed E-state index contributed by atoms with van der Waals surface area (Å²) in [4.78, 5) is 6.71. The first-order valence-corrected chi connectivity index (χ1v) is 7.17. The highest BCUT2D eigenvalue weighted by Gasteiger charge is 2.23. The number of fused-ring (bicyclic) bond motifs is 1. The molecule has 1 unspecified atom stereocenters. The molecular formula is C14H16BrN3O. The molecule has 1 aliphatic heterocycles. The maximum absolute atomic E-state index is 10.0. The normalized spacial score (nSPS) is 17.2. The maximum Gasteiger partial charge on any atom is 0.122 e. The summed E-state index contributed by atoms with van der Waals surface area (Å²) in [5.41, 5.74) is 0.953. The molecule has 0 fully saturated rings. The van der Waals surface area contributed by atoms with Gasteiger partial charge in [-0.3, -0.25) is 4.90 Å². The lowest BCUT2D eigenvalue weighted by Crippen LogP contribution is -2.35. The van der Waals surface area contributed by atoms with Crippen LogP contribution in [-0.4, -0.2) is 26.1 Å². The molecule has 3 rings (SSSR count). The van der Waals surface area contributed by atoms with Crippen molar-refractivity contribution in [2.75, 3.05) is 6.54 Å². The molecule has 2 aromatic rings. The van der Waals surface area contributed by atoms with Crippen LogP contribution in [0.25, 0.3) is 0 Å². The molecule has 1 aliphatic rings. The third-order valence-corrected chi connectivity index (χ3v) is 4.25. The number of aromatic hydroxyl groups is 1. The number of imidazole rings is 1. The summed E-state index contributed by atoms with van der Waals surface area (Å²) in [6.45, 7) is 4.87. The SMILES string of the molecule is CC(c1cc(Br)ccc1O)N1CCn2ccnc2C1. The van der Waals surface area contributed by atoms with Crippen LogP contribution < -0.4 is 0 Å². The summed E-state index contributed by atoms with van der Waals surface area (Å²) in [7, 11) is 0. The van der Waals surface area contributed by atoms with Gasteiger partial charge in [0.1, 0.15) is 11.6 Å². The topological polar surface area (TPSA) is 41.3 Å². The van der Waals surface area contributed by atoms with Crippen LogP contribution in [-0.2, 0) is 13.1 Å². The molecule has 100 valence electrons. The molecule has 0 bridgehead atoms. The third kappa shape index (κ3) is 2.40. The number of hydrogen-bond acceptors (Lipinski definition) is 3. The minimum Gasteiger partial charge on any atom is -0.508 e. The molecule has 1 atom stereocenters. The monoisotopic (exact) mass is 321 g/mol. The van der Waals surface area contributed by atoms with E-state index in [1.54, 1.807) is 6.07 Å². The van der Waals surface area contributed by atoms with Gasteiger partial charge in [-0.25, -0.2) is 4.98 Å². The number of halogens is 1. The van der Waals surface area contributed by atoms with Crippen molar-refractivity contribution in [3.63, 3.8) is 0 Å². The van der Waals surface area contributed by atoms with Crippen LogP contribution in [0.2, 0.25) is 0 Å². The zero-order valence-electron chi connectivity index (χ0n) is 10.8. The van der Waals surface area contributed by atoms with E-state index in [0.29, 0.717) is 5.75 Å². The Hall–Kier alpha value is -1.33. The Balaban J connectivity index is 1.85. The number of benzene rings is 1. The van der Waals surface area contributed by atoms with E-state index < -0.39 is 0 Å². The number of hydrogen-bond donors (Lipinski definition) is 1. The van der Waals surface area contributed by atoms with Crippen molar-refractivity contribution in [3.05, 3.63) is 46.5 Å². The molecule has 0 amide bonds. The van der Waals surface area contributed by atoms with Crippen molar-refractivity contribution in [3.8, 4) is 5.75 Å². The van der Waals surface area contributed by atoms with Gasteiger partial charge in [-0.15, -0.1) is 0 Å². The van der Waals surface area contributed by atoms with Crippen molar-refractivity contribution >= 4 is 15.9 Å². The van der Waals surface area contributed by atoms with Gasteiger partial charge < -0.3 is 9.67 Å². The van der Waals surface area contributed by atoms with Gasteiger partial charge in [0, 0.05) is 41.6 Å². The van der Waals surface area contributed by atoms with Gasteiger partial charge in [-0.05, 0) is 25.1 Å². The average Bonchev–Trinajstić information content (AvgIpc) is 2.88. The van der Waals surface area contributed by atoms with Crippen LogP contribution in [0, 0.1) is 0 Å². The molecule has 4 nitrogen and oxygen atoms in total. The average molecular weight is 322 g/mol. The van der Waals surface area contributed by atoms with Gasteiger partial charge in [0.05, 0.1) is 6.54 Å². The van der Waals surface area contributed by atoms with Gasteiger partial charge in [0.15, 0.2) is 0 Å². The minimum atomic E-state index is 0.169. The molecule has 5 heteroatoms. The number of phenols is 1. The van der Waals surface area contributed by atoms with Crippen molar-refractivity contribution in [2.45, 2.75) is 26.1 Å². The summed E-state index contributed by atoms with van der Waals surface area (Å²) in [6.07, 6.45) is 3.87. The quantitative estimate of drug-likeness (QED) is 0.924. The van der Waals surface area contributed by atoms with E-state index in [0.717, 1.165) is 35.5 Å². The highest BCUT2D eigenvalue weighted by atomic mass is 79.9. The Morgan fingerprint density at radius 3 is 3.05 bits per heavy atom. The molecule has 2 heterocycles. The Kier molecular flexibility index (Phi) is 3.33. The van der Waals surface area contributed by atoms with E-state index in [2.05, 4.69) is 37.3 Å². The zero-order valence-corrected chi connectivity index (χ0v) is 12.3. The molecule has 1 N–H and O–H groups in total. The molecule has 0 radical (unpaired) electrons. The Bertz CT molecular complexity index is 596. The van der Waals surface area contributed by atoms with Crippen molar-refractivity contribution < 1.29 is 5.11 Å². The lowest BCUT2D eigenvalue weighted by atomic mass is 10.1. The van der Waals surface area contributed by atoms with E-state index in [9.17, 15) is 5.11 Å². The smallest absolute Gasteiger partial charge is 0.122 e. The lowest BCUT2D eigenvalue weighted by Gasteiger charge is -2.33. The molecule has 1 aromatic heterocycles. The molecule has 0 aliphatic carbocycles. The largest absolute Gasteiger partial charge is 0.508 e. The summed E-state index contributed by atoms with van der Waals surface area (Å²) in [5.74, 6) is 1.44. The van der Waals surface area contributed by atoms with Crippen LogP contribution in [0.1, 0.15) is 24.4 Å². The number of phenolic OH excluding ortho intramolecular Hbond substituents is 1. The van der Waals surface area contributed by atoms with E-state index in [1.807, 2.05) is 24.5 Å². The van der Waals surface area contributed by atoms with E-state index >= 15 is 0 Å². The Labute approximate surface area is 120 Å². The molecule has 19 heavy (non-hydrogen) atoms. The second-order valence-electron chi connectivity index (χ2n) is 4.89. The van der Waals surface area contributed by atoms with E-state index in [-0.39, 0.29) is 6.04 Å². The summed E-state index contributed by atoms with van der Waals surface area (Å²) >= 11 is 3.46. The predicted molar refractivity (Wildman–Crippen MR) is 76.9 cm³/mol. The number of aromatic nitrogens is 2. The van der Waals surface area contributed by atoms with Crippen LogP contribution in [0.5, 0.6) is 5.75 Å². The predicted octanol–water partition coefficient (Wildman–Crippen LogP) is 2.93. The number of rotatable bonds is 2. The van der Waals surface area contributed by atoms with Gasteiger partial charge in [0.25, 0.3) is 0 Å². The molecule has 1 aromatic carbocycles. The standard InChI is InChI=1S/C14H16BrN3O/c1-10(12-8-11(15)2-3-13(12)19)18-7-6-17-5-4-16-14(17)9-18/h2-5,8,10,19H,6-7,9H2,1H3. The molecule has 0 saturated carbocycles. The van der Waals surface area contributed by atoms with Crippen molar-refractivity contribution in [1.82, 2.24) is 14.5 Å². The lowest BCUT2D eigenvalue weighted by molar-refractivity contribution is 0.161. The molecule has 0 saturated heterocycles. The van der Waals surface area contributed by atoms with Crippen molar-refractivity contribution in [2.24, 2.45) is 0 Å². The summed E-state index contributed by atoms with van der Waals surface area (Å²) in [5, 5.41) is 10.0. The first kappa shape index (κ1) is 12.7. The fraction of sp³-hybridized carbons (Fsp3) is 0.357. The van der Waals surface area contributed by atoms with E-state index in [4.69, 9.17) is 0 Å². The molecular weight excluding hydrogens is 306 g/mol. The summed E-state index contributed by atoms with van der Waals surface area (Å²) < 4.78 is 3.18. The maximum atomic E-state index is 10.0. The van der Waals surface area contributed by atoms with Gasteiger partial charge in [-0.1, -0.05) is 15.9 Å². The number of nitrogens with zero attached hydrogens (tertiary/aromatic N) is 3. The van der Waals surface area contributed by atoms with Crippen LogP contribution >= 0.6 is 15.9 Å².